The molecule has 0 radical (unpaired) electrons. The molecule has 1 N–H and O–H groups in total. The van der Waals surface area contributed by atoms with Crippen molar-refractivity contribution in [2.24, 2.45) is 0 Å². The van der Waals surface area contributed by atoms with Crippen LogP contribution in [0.4, 0.5) is 5.69 Å². The summed E-state index contributed by atoms with van der Waals surface area (Å²) in [5, 5.41) is 3.26. The fourth-order valence-electron chi connectivity index (χ4n) is 3.11. The van der Waals surface area contributed by atoms with Crippen LogP contribution in [-0.2, 0) is 0 Å². The number of oxazole rings is 1. The number of benzene rings is 3. The number of hydrogen-bond acceptors (Lipinski definition) is 4. The van der Waals surface area contributed by atoms with E-state index in [1.807, 2.05) is 37.3 Å². The van der Waals surface area contributed by atoms with Gasteiger partial charge >= 0.3 is 0 Å². The van der Waals surface area contributed by atoms with Crippen molar-refractivity contribution in [3.05, 3.63) is 75.2 Å². The molecule has 1 amide bonds. The van der Waals surface area contributed by atoms with E-state index >= 15 is 0 Å². The third kappa shape index (κ3) is 3.86. The molecule has 0 spiro atoms. The third-order valence-electron chi connectivity index (χ3n) is 4.44. The van der Waals surface area contributed by atoms with Gasteiger partial charge in [-0.3, -0.25) is 4.79 Å². The number of ether oxygens (including phenoxy) is 1. The number of halogens is 2. The van der Waals surface area contributed by atoms with Crippen LogP contribution in [-0.4, -0.2) is 18.0 Å². The van der Waals surface area contributed by atoms with Crippen LogP contribution >= 0.6 is 27.5 Å². The minimum absolute atomic E-state index is 0.331. The highest BCUT2D eigenvalue weighted by Gasteiger charge is 2.18. The Bertz CT molecular complexity index is 1200. The molecule has 0 aliphatic heterocycles. The van der Waals surface area contributed by atoms with Crippen molar-refractivity contribution in [3.63, 3.8) is 0 Å². The van der Waals surface area contributed by atoms with Crippen molar-refractivity contribution in [2.75, 3.05) is 12.4 Å². The SMILES string of the molecule is COc1c(C)cc(Br)cc1C(=O)Nc1cc(-c2nc3ccccc3o2)ccc1Cl. The number of carbonyl (C=O) groups is 1. The van der Waals surface area contributed by atoms with Gasteiger partial charge in [-0.1, -0.05) is 39.7 Å². The quantitative estimate of drug-likeness (QED) is 0.370. The monoisotopic (exact) mass is 470 g/mol. The molecule has 5 nitrogen and oxygen atoms in total. The van der Waals surface area contributed by atoms with Crippen molar-refractivity contribution in [1.82, 2.24) is 4.98 Å². The van der Waals surface area contributed by atoms with Crippen molar-refractivity contribution in [1.29, 1.82) is 0 Å². The number of para-hydroxylation sites is 2. The summed E-state index contributed by atoms with van der Waals surface area (Å²) in [4.78, 5) is 17.4. The number of aryl methyl sites for hydroxylation is 1. The lowest BCUT2D eigenvalue weighted by Crippen LogP contribution is -2.14. The van der Waals surface area contributed by atoms with Gasteiger partial charge in [0.25, 0.3) is 5.91 Å². The summed E-state index contributed by atoms with van der Waals surface area (Å²) >= 11 is 9.75. The Morgan fingerprint density at radius 3 is 2.72 bits per heavy atom. The number of carbonyl (C=O) groups excluding carboxylic acids is 1. The predicted molar refractivity (Wildman–Crippen MR) is 118 cm³/mol. The van der Waals surface area contributed by atoms with Gasteiger partial charge < -0.3 is 14.5 Å². The van der Waals surface area contributed by atoms with Crippen LogP contribution in [0.1, 0.15) is 15.9 Å². The summed E-state index contributed by atoms with van der Waals surface area (Å²) in [6, 6.07) is 16.3. The van der Waals surface area contributed by atoms with Gasteiger partial charge in [0, 0.05) is 10.0 Å². The normalized spacial score (nSPS) is 10.9. The molecule has 0 aliphatic carbocycles. The zero-order valence-electron chi connectivity index (χ0n) is 15.6. The molecule has 0 unspecified atom stereocenters. The molecule has 0 bridgehead atoms. The van der Waals surface area contributed by atoms with Crippen molar-refractivity contribution >= 4 is 50.2 Å². The Morgan fingerprint density at radius 2 is 1.97 bits per heavy atom. The van der Waals surface area contributed by atoms with E-state index in [4.69, 9.17) is 20.8 Å². The molecule has 4 aromatic rings. The van der Waals surface area contributed by atoms with E-state index in [0.717, 1.165) is 15.6 Å². The molecule has 1 heterocycles. The van der Waals surface area contributed by atoms with Gasteiger partial charge in [0.2, 0.25) is 5.89 Å². The van der Waals surface area contributed by atoms with E-state index in [9.17, 15) is 4.79 Å². The number of fused-ring (bicyclic) bond motifs is 1. The minimum Gasteiger partial charge on any atom is -0.496 e. The first-order valence-electron chi connectivity index (χ1n) is 8.77. The molecule has 29 heavy (non-hydrogen) atoms. The third-order valence-corrected chi connectivity index (χ3v) is 5.23. The maximum Gasteiger partial charge on any atom is 0.259 e. The highest BCUT2D eigenvalue weighted by molar-refractivity contribution is 9.10. The van der Waals surface area contributed by atoms with Gasteiger partial charge in [-0.2, -0.15) is 0 Å². The van der Waals surface area contributed by atoms with Crippen molar-refractivity contribution in [2.45, 2.75) is 6.92 Å². The molecule has 0 atom stereocenters. The Kier molecular flexibility index (Phi) is 5.30. The predicted octanol–water partition coefficient (Wildman–Crippen LogP) is 6.48. The average molecular weight is 472 g/mol. The highest BCUT2D eigenvalue weighted by atomic mass is 79.9. The van der Waals surface area contributed by atoms with Gasteiger partial charge in [0.15, 0.2) is 5.58 Å². The first kappa shape index (κ1) is 19.5. The summed E-state index contributed by atoms with van der Waals surface area (Å²) in [5.41, 5.74) is 3.87. The molecule has 7 heteroatoms. The van der Waals surface area contributed by atoms with Crippen LogP contribution < -0.4 is 10.1 Å². The maximum atomic E-state index is 12.9. The minimum atomic E-state index is -0.331. The first-order chi connectivity index (χ1) is 14.0. The zero-order valence-corrected chi connectivity index (χ0v) is 18.0. The molecule has 1 aromatic heterocycles. The molecule has 0 aliphatic rings. The summed E-state index contributed by atoms with van der Waals surface area (Å²) in [5.74, 6) is 0.633. The zero-order chi connectivity index (χ0) is 20.5. The molecule has 0 saturated carbocycles. The van der Waals surface area contributed by atoms with Crippen LogP contribution in [0.5, 0.6) is 5.75 Å². The van der Waals surface area contributed by atoms with E-state index in [1.54, 1.807) is 24.3 Å². The van der Waals surface area contributed by atoms with Crippen LogP contribution in [0.25, 0.3) is 22.6 Å². The van der Waals surface area contributed by atoms with Crippen LogP contribution in [0, 0.1) is 6.92 Å². The standard InChI is InChI=1S/C22H16BrClN2O3/c1-12-9-14(23)11-15(20(12)28-2)21(27)25-18-10-13(7-8-16(18)24)22-26-17-5-3-4-6-19(17)29-22/h3-11H,1-2H3,(H,25,27). The first-order valence-corrected chi connectivity index (χ1v) is 9.94. The number of aromatic nitrogens is 1. The van der Waals surface area contributed by atoms with Gasteiger partial charge in [0.05, 0.1) is 23.4 Å². The largest absolute Gasteiger partial charge is 0.496 e. The van der Waals surface area contributed by atoms with E-state index in [0.29, 0.717) is 39.1 Å². The number of rotatable bonds is 4. The van der Waals surface area contributed by atoms with Gasteiger partial charge in [-0.05, 0) is 55.0 Å². The van der Waals surface area contributed by atoms with Gasteiger partial charge in [-0.25, -0.2) is 4.98 Å². The fourth-order valence-corrected chi connectivity index (χ4v) is 3.85. The number of nitrogens with zero attached hydrogens (tertiary/aromatic N) is 1. The molecular formula is C22H16BrClN2O3. The van der Waals surface area contributed by atoms with E-state index < -0.39 is 0 Å². The molecule has 3 aromatic carbocycles. The van der Waals surface area contributed by atoms with Crippen LogP contribution in [0.2, 0.25) is 5.02 Å². The summed E-state index contributed by atoms with van der Waals surface area (Å²) < 4.78 is 12.0. The Labute approximate surface area is 180 Å². The second kappa shape index (κ2) is 7.89. The molecule has 0 saturated heterocycles. The van der Waals surface area contributed by atoms with Gasteiger partial charge in [-0.15, -0.1) is 0 Å². The second-order valence-corrected chi connectivity index (χ2v) is 7.76. The molecule has 146 valence electrons. The highest BCUT2D eigenvalue weighted by Crippen LogP contribution is 2.32. The average Bonchev–Trinajstić information content (AvgIpc) is 3.13. The summed E-state index contributed by atoms with van der Waals surface area (Å²) in [7, 11) is 1.54. The number of methoxy groups -OCH3 is 1. The second-order valence-electron chi connectivity index (χ2n) is 6.44. The molecule has 4 rings (SSSR count). The lowest BCUT2D eigenvalue weighted by molar-refractivity contribution is 0.102. The van der Waals surface area contributed by atoms with E-state index in [1.165, 1.54) is 7.11 Å². The lowest BCUT2D eigenvalue weighted by atomic mass is 10.1. The Morgan fingerprint density at radius 1 is 1.17 bits per heavy atom. The number of amides is 1. The number of hydrogen-bond donors (Lipinski definition) is 1. The van der Waals surface area contributed by atoms with Crippen LogP contribution in [0.3, 0.4) is 0 Å². The van der Waals surface area contributed by atoms with Crippen molar-refractivity contribution < 1.29 is 13.9 Å². The molecular weight excluding hydrogens is 456 g/mol. The number of anilines is 1. The van der Waals surface area contributed by atoms with Crippen molar-refractivity contribution in [3.8, 4) is 17.2 Å². The van der Waals surface area contributed by atoms with Gasteiger partial charge in [0.1, 0.15) is 11.3 Å². The molecule has 0 fully saturated rings. The smallest absolute Gasteiger partial charge is 0.259 e. The maximum absolute atomic E-state index is 12.9. The Hall–Kier alpha value is -2.83. The van der Waals surface area contributed by atoms with E-state index in [2.05, 4.69) is 26.2 Å². The lowest BCUT2D eigenvalue weighted by Gasteiger charge is -2.13. The topological polar surface area (TPSA) is 64.4 Å². The summed E-state index contributed by atoms with van der Waals surface area (Å²) in [6.45, 7) is 1.88. The number of nitrogens with one attached hydrogen (secondary N) is 1. The van der Waals surface area contributed by atoms with E-state index in [-0.39, 0.29) is 5.91 Å². The Balaban J connectivity index is 1.69. The van der Waals surface area contributed by atoms with Crippen LogP contribution in [0.15, 0.2) is 63.5 Å². The summed E-state index contributed by atoms with van der Waals surface area (Å²) in [6.07, 6.45) is 0. The fraction of sp³-hybridized carbons (Fsp3) is 0.0909.